The first kappa shape index (κ1) is 7.90. The zero-order chi connectivity index (χ0) is 7.11. The van der Waals surface area contributed by atoms with Crippen molar-refractivity contribution < 1.29 is 4.79 Å². The van der Waals surface area contributed by atoms with Gasteiger partial charge in [-0.25, -0.2) is 0 Å². The third-order valence-corrected chi connectivity index (χ3v) is 0.904. The van der Waals surface area contributed by atoms with Crippen molar-refractivity contribution in [1.29, 1.82) is 5.26 Å². The Labute approximate surface area is 54.8 Å². The minimum absolute atomic E-state index is 0.00241. The molecule has 9 heavy (non-hydrogen) atoms. The molecular weight excluding hydrogens is 114 g/mol. The SMILES string of the molecule is C=CCCC(=O)CC#N. The van der Waals surface area contributed by atoms with Crippen molar-refractivity contribution in [2.24, 2.45) is 0 Å². The quantitative estimate of drug-likeness (QED) is 0.530. The Morgan fingerprint density at radius 1 is 1.78 bits per heavy atom. The summed E-state index contributed by atoms with van der Waals surface area (Å²) in [6, 6.07) is 1.79. The van der Waals surface area contributed by atoms with Crippen LogP contribution in [0, 0.1) is 11.3 Å². The molecule has 0 atom stereocenters. The smallest absolute Gasteiger partial charge is 0.147 e. The normalized spacial score (nSPS) is 7.89. The van der Waals surface area contributed by atoms with E-state index in [9.17, 15) is 4.79 Å². The Kier molecular flexibility index (Phi) is 4.43. The average Bonchev–Trinajstić information content (AvgIpc) is 1.85. The van der Waals surface area contributed by atoms with Crippen LogP contribution in [0.4, 0.5) is 0 Å². The largest absolute Gasteiger partial charge is 0.299 e. The van der Waals surface area contributed by atoms with Gasteiger partial charge < -0.3 is 0 Å². The summed E-state index contributed by atoms with van der Waals surface area (Å²) in [6.45, 7) is 3.46. The van der Waals surface area contributed by atoms with Gasteiger partial charge in [-0.1, -0.05) is 6.08 Å². The zero-order valence-corrected chi connectivity index (χ0v) is 5.26. The Bertz CT molecular complexity index is 143. The number of carbonyl (C=O) groups is 1. The van der Waals surface area contributed by atoms with Crippen molar-refractivity contribution in [3.05, 3.63) is 12.7 Å². The maximum Gasteiger partial charge on any atom is 0.147 e. The Morgan fingerprint density at radius 3 is 2.89 bits per heavy atom. The van der Waals surface area contributed by atoms with Crippen molar-refractivity contribution in [3.8, 4) is 6.07 Å². The lowest BCUT2D eigenvalue weighted by atomic mass is 10.2. The van der Waals surface area contributed by atoms with Crippen molar-refractivity contribution in [3.63, 3.8) is 0 Å². The number of allylic oxidation sites excluding steroid dienone is 1. The highest BCUT2D eigenvalue weighted by atomic mass is 16.1. The predicted octanol–water partition coefficient (Wildman–Crippen LogP) is 1.44. The fourth-order valence-electron chi connectivity index (χ4n) is 0.440. The maximum absolute atomic E-state index is 10.5. The molecule has 0 N–H and O–H groups in total. The van der Waals surface area contributed by atoms with Gasteiger partial charge in [0.25, 0.3) is 0 Å². The molecule has 0 spiro atoms. The summed E-state index contributed by atoms with van der Waals surface area (Å²) >= 11 is 0. The number of rotatable bonds is 4. The van der Waals surface area contributed by atoms with Gasteiger partial charge in [-0.15, -0.1) is 6.58 Å². The highest BCUT2D eigenvalue weighted by Gasteiger charge is 1.96. The molecule has 2 heteroatoms. The first-order valence-electron chi connectivity index (χ1n) is 2.80. The van der Waals surface area contributed by atoms with Crippen LogP contribution < -0.4 is 0 Å². The van der Waals surface area contributed by atoms with Crippen LogP contribution in [0.2, 0.25) is 0 Å². The molecule has 0 aromatic heterocycles. The fourth-order valence-corrected chi connectivity index (χ4v) is 0.440. The van der Waals surface area contributed by atoms with E-state index < -0.39 is 0 Å². The molecule has 0 unspecified atom stereocenters. The molecule has 0 amide bonds. The van der Waals surface area contributed by atoms with E-state index in [1.54, 1.807) is 12.1 Å². The Hall–Kier alpha value is -1.10. The molecule has 0 aromatic carbocycles. The van der Waals surface area contributed by atoms with Crippen LogP contribution in [0.3, 0.4) is 0 Å². The molecule has 0 aliphatic rings. The summed E-state index contributed by atoms with van der Waals surface area (Å²) < 4.78 is 0. The van der Waals surface area contributed by atoms with E-state index in [0.29, 0.717) is 12.8 Å². The first-order valence-corrected chi connectivity index (χ1v) is 2.80. The molecule has 0 bridgehead atoms. The molecule has 0 aliphatic carbocycles. The van der Waals surface area contributed by atoms with Gasteiger partial charge >= 0.3 is 0 Å². The number of hydrogen-bond donors (Lipinski definition) is 0. The summed E-state index contributed by atoms with van der Waals surface area (Å²) in [5.74, 6) is -0.00241. The van der Waals surface area contributed by atoms with Crippen molar-refractivity contribution in [2.75, 3.05) is 0 Å². The molecule has 2 nitrogen and oxygen atoms in total. The molecular formula is C7H9NO. The van der Waals surface area contributed by atoms with E-state index in [1.807, 2.05) is 0 Å². The number of ketones is 1. The van der Waals surface area contributed by atoms with E-state index >= 15 is 0 Å². The lowest BCUT2D eigenvalue weighted by Gasteiger charge is -1.87. The minimum atomic E-state index is -0.00241. The highest BCUT2D eigenvalue weighted by Crippen LogP contribution is 1.93. The van der Waals surface area contributed by atoms with Crippen molar-refractivity contribution in [2.45, 2.75) is 19.3 Å². The van der Waals surface area contributed by atoms with Crippen LogP contribution in [0.15, 0.2) is 12.7 Å². The van der Waals surface area contributed by atoms with E-state index in [-0.39, 0.29) is 12.2 Å². The van der Waals surface area contributed by atoms with Crippen LogP contribution in [0.1, 0.15) is 19.3 Å². The van der Waals surface area contributed by atoms with Gasteiger partial charge in [0.2, 0.25) is 0 Å². The van der Waals surface area contributed by atoms with Crippen LogP contribution in [-0.2, 0) is 4.79 Å². The minimum Gasteiger partial charge on any atom is -0.299 e. The van der Waals surface area contributed by atoms with Gasteiger partial charge in [0.05, 0.1) is 12.5 Å². The molecule has 0 radical (unpaired) electrons. The lowest BCUT2D eigenvalue weighted by Crippen LogP contribution is -1.93. The van der Waals surface area contributed by atoms with Crippen LogP contribution in [-0.4, -0.2) is 5.78 Å². The third-order valence-electron chi connectivity index (χ3n) is 0.904. The molecule has 0 saturated carbocycles. The molecule has 48 valence electrons. The number of nitriles is 1. The molecule has 0 fully saturated rings. The highest BCUT2D eigenvalue weighted by molar-refractivity contribution is 5.80. The van der Waals surface area contributed by atoms with Crippen molar-refractivity contribution in [1.82, 2.24) is 0 Å². The van der Waals surface area contributed by atoms with Crippen LogP contribution >= 0.6 is 0 Å². The van der Waals surface area contributed by atoms with E-state index in [4.69, 9.17) is 5.26 Å². The predicted molar refractivity (Wildman–Crippen MR) is 34.7 cm³/mol. The summed E-state index contributed by atoms with van der Waals surface area (Å²) in [4.78, 5) is 10.5. The lowest BCUT2D eigenvalue weighted by molar-refractivity contribution is -0.118. The van der Waals surface area contributed by atoms with Crippen LogP contribution in [0.25, 0.3) is 0 Å². The van der Waals surface area contributed by atoms with Gasteiger partial charge in [-0.2, -0.15) is 5.26 Å². The summed E-state index contributed by atoms with van der Waals surface area (Å²) in [7, 11) is 0. The topological polar surface area (TPSA) is 40.9 Å². The van der Waals surface area contributed by atoms with E-state index in [0.717, 1.165) is 0 Å². The van der Waals surface area contributed by atoms with E-state index in [1.165, 1.54) is 0 Å². The van der Waals surface area contributed by atoms with Crippen molar-refractivity contribution >= 4 is 5.78 Å². The monoisotopic (exact) mass is 123 g/mol. The second kappa shape index (κ2) is 5.04. The molecule has 0 saturated heterocycles. The molecule has 0 aliphatic heterocycles. The van der Waals surface area contributed by atoms with Gasteiger partial charge in [0.1, 0.15) is 5.78 Å². The molecule has 0 aromatic rings. The Balaban J connectivity index is 3.29. The number of carbonyl (C=O) groups excluding carboxylic acids is 1. The summed E-state index contributed by atoms with van der Waals surface area (Å²) in [5.41, 5.74) is 0. The average molecular weight is 123 g/mol. The standard InChI is InChI=1S/C7H9NO/c1-2-3-4-7(9)5-6-8/h2H,1,3-5H2. The second-order valence-corrected chi connectivity index (χ2v) is 1.70. The van der Waals surface area contributed by atoms with Gasteiger partial charge in [0.15, 0.2) is 0 Å². The van der Waals surface area contributed by atoms with Gasteiger partial charge in [-0.05, 0) is 6.42 Å². The fraction of sp³-hybridized carbons (Fsp3) is 0.429. The zero-order valence-electron chi connectivity index (χ0n) is 5.26. The molecule has 0 rings (SSSR count). The van der Waals surface area contributed by atoms with Gasteiger partial charge in [0, 0.05) is 6.42 Å². The Morgan fingerprint density at radius 2 is 2.44 bits per heavy atom. The van der Waals surface area contributed by atoms with Crippen LogP contribution in [0.5, 0.6) is 0 Å². The maximum atomic E-state index is 10.5. The summed E-state index contributed by atoms with van der Waals surface area (Å²) in [6.07, 6.45) is 2.85. The first-order chi connectivity index (χ1) is 4.31. The second-order valence-electron chi connectivity index (χ2n) is 1.70. The number of nitrogens with zero attached hydrogens (tertiary/aromatic N) is 1. The summed E-state index contributed by atoms with van der Waals surface area (Å²) in [5, 5.41) is 8.04. The van der Waals surface area contributed by atoms with E-state index in [2.05, 4.69) is 6.58 Å². The van der Waals surface area contributed by atoms with Gasteiger partial charge in [-0.3, -0.25) is 4.79 Å². The third kappa shape index (κ3) is 4.76. The molecule has 0 heterocycles. The number of Topliss-reactive ketones (excluding diaryl/α,β-unsaturated/α-hetero) is 1. The number of hydrogen-bond acceptors (Lipinski definition) is 2.